The summed E-state index contributed by atoms with van der Waals surface area (Å²) >= 11 is 0. The fourth-order valence-electron chi connectivity index (χ4n) is 6.81. The van der Waals surface area contributed by atoms with Gasteiger partial charge in [0.25, 0.3) is 5.91 Å². The van der Waals surface area contributed by atoms with Crippen LogP contribution in [0.5, 0.6) is 0 Å². The predicted octanol–water partition coefficient (Wildman–Crippen LogP) is 5.83. The van der Waals surface area contributed by atoms with Crippen LogP contribution in [0.1, 0.15) is 82.1 Å². The number of esters is 2. The second-order valence-corrected chi connectivity index (χ2v) is 12.7. The van der Waals surface area contributed by atoms with Gasteiger partial charge in [0.05, 0.1) is 19.4 Å². The molecular weight excluding hydrogens is 560 g/mol. The van der Waals surface area contributed by atoms with E-state index >= 15 is 0 Å². The van der Waals surface area contributed by atoms with Gasteiger partial charge < -0.3 is 24.4 Å². The lowest BCUT2D eigenvalue weighted by molar-refractivity contribution is -0.158. The molecule has 9 nitrogen and oxygen atoms in total. The van der Waals surface area contributed by atoms with Crippen molar-refractivity contribution in [1.82, 2.24) is 10.2 Å². The van der Waals surface area contributed by atoms with E-state index in [0.29, 0.717) is 24.3 Å². The summed E-state index contributed by atoms with van der Waals surface area (Å²) in [6.07, 6.45) is 9.30. The number of benzene rings is 1. The molecule has 1 aliphatic heterocycles. The Morgan fingerprint density at radius 1 is 1.11 bits per heavy atom. The van der Waals surface area contributed by atoms with E-state index < -0.39 is 6.09 Å². The third kappa shape index (κ3) is 7.90. The molecule has 0 aromatic heterocycles. The molecule has 0 bridgehead atoms. The van der Waals surface area contributed by atoms with E-state index in [1.54, 1.807) is 36.2 Å². The van der Waals surface area contributed by atoms with Gasteiger partial charge in [-0.1, -0.05) is 58.1 Å². The Morgan fingerprint density at radius 3 is 2.50 bits per heavy atom. The number of hydrogen-bond donors (Lipinski definition) is 1. The van der Waals surface area contributed by atoms with Crippen molar-refractivity contribution in [3.05, 3.63) is 59.2 Å². The molecule has 8 atom stereocenters. The van der Waals surface area contributed by atoms with Crippen molar-refractivity contribution in [1.29, 1.82) is 0 Å². The Labute approximate surface area is 261 Å². The molecule has 240 valence electrons. The Bertz CT molecular complexity index is 1260. The minimum absolute atomic E-state index is 0.0715. The van der Waals surface area contributed by atoms with E-state index in [-0.39, 0.29) is 72.7 Å². The van der Waals surface area contributed by atoms with Crippen molar-refractivity contribution in [2.24, 2.45) is 29.6 Å². The number of allylic oxidation sites excluding steroid dienone is 3. The molecule has 1 N–H and O–H groups in total. The number of rotatable bonds is 11. The first-order chi connectivity index (χ1) is 21.0. The van der Waals surface area contributed by atoms with Crippen LogP contribution in [-0.2, 0) is 30.3 Å². The number of nitrogens with zero attached hydrogens (tertiary/aromatic N) is 1. The fourth-order valence-corrected chi connectivity index (χ4v) is 6.81. The Morgan fingerprint density at radius 2 is 1.84 bits per heavy atom. The number of cyclic esters (lactones) is 1. The van der Waals surface area contributed by atoms with Crippen LogP contribution in [0.25, 0.3) is 0 Å². The molecule has 1 aromatic carbocycles. The topological polar surface area (TPSA) is 111 Å². The zero-order valence-corrected chi connectivity index (χ0v) is 26.9. The highest BCUT2D eigenvalue weighted by Gasteiger charge is 2.43. The Kier molecular flexibility index (Phi) is 11.3. The maximum absolute atomic E-state index is 13.4. The van der Waals surface area contributed by atoms with E-state index in [9.17, 15) is 19.2 Å². The first kappa shape index (κ1) is 33.3. The summed E-state index contributed by atoms with van der Waals surface area (Å²) < 4.78 is 17.1. The normalized spacial score (nSPS) is 28.7. The zero-order valence-electron chi connectivity index (χ0n) is 26.9. The van der Waals surface area contributed by atoms with Gasteiger partial charge in [-0.05, 0) is 66.7 Å². The number of amides is 2. The SMILES string of the molecule is CC[C@H](C)C(=O)O[C@H]1C[C@@H](C)C=C2C=C[C@H](C)[C@H](CC[C@@H]3C[C@H](CC(=O)OC)N(Cc4ccc(C(=O)NC)cc4)C(=O)O3)[C@H]21. The summed E-state index contributed by atoms with van der Waals surface area (Å²) in [5, 5.41) is 2.60. The van der Waals surface area contributed by atoms with Crippen molar-refractivity contribution in [2.75, 3.05) is 14.2 Å². The molecule has 1 heterocycles. The van der Waals surface area contributed by atoms with E-state index in [0.717, 1.165) is 24.8 Å². The highest BCUT2D eigenvalue weighted by Crippen LogP contribution is 2.45. The molecule has 2 amide bonds. The van der Waals surface area contributed by atoms with Crippen LogP contribution in [0, 0.1) is 29.6 Å². The van der Waals surface area contributed by atoms with Crippen molar-refractivity contribution < 1.29 is 33.4 Å². The second kappa shape index (κ2) is 14.9. The van der Waals surface area contributed by atoms with Crippen LogP contribution in [0.3, 0.4) is 0 Å². The molecule has 4 rings (SSSR count). The van der Waals surface area contributed by atoms with E-state index in [1.807, 2.05) is 13.8 Å². The lowest BCUT2D eigenvalue weighted by atomic mass is 9.65. The minimum Gasteiger partial charge on any atom is -0.469 e. The fraction of sp³-hybridized carbons (Fsp3) is 0.600. The van der Waals surface area contributed by atoms with Gasteiger partial charge in [-0.3, -0.25) is 14.4 Å². The van der Waals surface area contributed by atoms with Gasteiger partial charge in [-0.25, -0.2) is 4.79 Å². The molecule has 2 aliphatic carbocycles. The number of ether oxygens (including phenoxy) is 3. The quantitative estimate of drug-likeness (QED) is 0.249. The largest absolute Gasteiger partial charge is 0.469 e. The monoisotopic (exact) mass is 608 g/mol. The smallest absolute Gasteiger partial charge is 0.410 e. The molecule has 0 unspecified atom stereocenters. The van der Waals surface area contributed by atoms with Crippen LogP contribution < -0.4 is 5.32 Å². The third-order valence-corrected chi connectivity index (χ3v) is 9.60. The first-order valence-electron chi connectivity index (χ1n) is 16.0. The highest BCUT2D eigenvalue weighted by atomic mass is 16.6. The van der Waals surface area contributed by atoms with Crippen molar-refractivity contribution in [3.8, 4) is 0 Å². The lowest BCUT2D eigenvalue weighted by Crippen LogP contribution is -2.49. The third-order valence-electron chi connectivity index (χ3n) is 9.60. The second-order valence-electron chi connectivity index (χ2n) is 12.7. The van der Waals surface area contributed by atoms with E-state index in [2.05, 4.69) is 37.4 Å². The first-order valence-corrected chi connectivity index (χ1v) is 16.0. The predicted molar refractivity (Wildman–Crippen MR) is 166 cm³/mol. The molecule has 44 heavy (non-hydrogen) atoms. The van der Waals surface area contributed by atoms with Crippen molar-refractivity contribution >= 4 is 23.9 Å². The average Bonchev–Trinajstić information content (AvgIpc) is 3.01. The lowest BCUT2D eigenvalue weighted by Gasteiger charge is -2.44. The highest BCUT2D eigenvalue weighted by molar-refractivity contribution is 5.93. The summed E-state index contributed by atoms with van der Waals surface area (Å²) in [5.41, 5.74) is 2.58. The van der Waals surface area contributed by atoms with Gasteiger partial charge in [0.1, 0.15) is 12.2 Å². The molecular formula is C35H48N2O7. The molecule has 0 spiro atoms. The average molecular weight is 609 g/mol. The summed E-state index contributed by atoms with van der Waals surface area (Å²) in [6.45, 7) is 8.53. The molecule has 1 saturated heterocycles. The van der Waals surface area contributed by atoms with Crippen LogP contribution >= 0.6 is 0 Å². The summed E-state index contributed by atoms with van der Waals surface area (Å²) in [5.74, 6) is 0.0671. The van der Waals surface area contributed by atoms with Crippen molar-refractivity contribution in [3.63, 3.8) is 0 Å². The molecule has 3 aliphatic rings. The van der Waals surface area contributed by atoms with Crippen LogP contribution in [0.15, 0.2) is 48.1 Å². The molecule has 1 fully saturated rings. The van der Waals surface area contributed by atoms with Crippen molar-refractivity contribution in [2.45, 2.75) is 91.0 Å². The molecule has 0 radical (unpaired) electrons. The maximum Gasteiger partial charge on any atom is 0.410 e. The standard InChI is InChI=1S/C35H48N2O7/c1-7-22(3)34(40)44-30-17-21(2)16-26-11-8-23(4)29(32(26)30)15-14-28-18-27(19-31(38)42-6)37(35(41)43-28)20-24-9-12-25(13-10-24)33(39)36-5/h8-13,16,21-23,27-30,32H,7,14-15,17-20H2,1-6H3,(H,36,39)/t21-,22-,23-,27+,28+,29-,30-,32-/m0/s1. The Balaban J connectivity index is 1.47. The summed E-state index contributed by atoms with van der Waals surface area (Å²) in [4.78, 5) is 52.1. The van der Waals surface area contributed by atoms with Crippen LogP contribution in [0.2, 0.25) is 0 Å². The van der Waals surface area contributed by atoms with Gasteiger partial charge >= 0.3 is 18.0 Å². The number of fused-ring (bicyclic) bond motifs is 1. The molecule has 0 saturated carbocycles. The zero-order chi connectivity index (χ0) is 32.0. The number of nitrogens with one attached hydrogen (secondary N) is 1. The van der Waals surface area contributed by atoms with Gasteiger partial charge in [0.15, 0.2) is 0 Å². The van der Waals surface area contributed by atoms with Gasteiger partial charge in [-0.2, -0.15) is 0 Å². The Hall–Kier alpha value is -3.62. The van der Waals surface area contributed by atoms with Gasteiger partial charge in [0, 0.05) is 37.5 Å². The minimum atomic E-state index is -0.463. The van der Waals surface area contributed by atoms with E-state index in [1.165, 1.54) is 12.7 Å². The molecule has 9 heteroatoms. The van der Waals surface area contributed by atoms with Gasteiger partial charge in [-0.15, -0.1) is 0 Å². The van der Waals surface area contributed by atoms with E-state index in [4.69, 9.17) is 14.2 Å². The van der Waals surface area contributed by atoms with Gasteiger partial charge in [0.2, 0.25) is 0 Å². The number of hydrogen-bond acceptors (Lipinski definition) is 7. The number of methoxy groups -OCH3 is 1. The maximum atomic E-state index is 13.4. The summed E-state index contributed by atoms with van der Waals surface area (Å²) in [7, 11) is 2.92. The van der Waals surface area contributed by atoms with Crippen LogP contribution in [-0.4, -0.2) is 61.2 Å². The molecule has 1 aromatic rings. The summed E-state index contributed by atoms with van der Waals surface area (Å²) in [6, 6.07) is 6.65. The van der Waals surface area contributed by atoms with Crippen LogP contribution in [0.4, 0.5) is 4.79 Å². The number of carbonyl (C=O) groups is 4. The number of carbonyl (C=O) groups excluding carboxylic acids is 4.